The zero-order valence-electron chi connectivity index (χ0n) is 24.0. The third-order valence-electron chi connectivity index (χ3n) is 8.78. The highest BCUT2D eigenvalue weighted by Gasteiger charge is 2.40. The van der Waals surface area contributed by atoms with Gasteiger partial charge in [0.2, 0.25) is 0 Å². The van der Waals surface area contributed by atoms with E-state index < -0.39 is 11.7 Å². The first-order chi connectivity index (χ1) is 20.7. The largest absolute Gasteiger partial charge is 0.416 e. The average Bonchev–Trinajstić information content (AvgIpc) is 3.78. The predicted molar refractivity (Wildman–Crippen MR) is 155 cm³/mol. The van der Waals surface area contributed by atoms with Gasteiger partial charge in [-0.15, -0.1) is 0 Å². The maximum absolute atomic E-state index is 13.4. The lowest BCUT2D eigenvalue weighted by molar-refractivity contribution is -0.137. The Bertz CT molecular complexity index is 1440. The Hall–Kier alpha value is -3.96. The highest BCUT2D eigenvalue weighted by molar-refractivity contribution is 5.94. The van der Waals surface area contributed by atoms with Gasteiger partial charge in [-0.25, -0.2) is 9.97 Å². The van der Waals surface area contributed by atoms with Gasteiger partial charge in [0.05, 0.1) is 18.7 Å². The van der Waals surface area contributed by atoms with Crippen molar-refractivity contribution in [2.75, 3.05) is 26.2 Å². The van der Waals surface area contributed by atoms with Crippen LogP contribution >= 0.6 is 0 Å². The molecule has 0 atom stereocenters. The van der Waals surface area contributed by atoms with E-state index in [1.165, 1.54) is 17.7 Å². The summed E-state index contributed by atoms with van der Waals surface area (Å²) < 4.78 is 39.3. The summed E-state index contributed by atoms with van der Waals surface area (Å²) in [5, 5.41) is 0. The molecule has 43 heavy (non-hydrogen) atoms. The fourth-order valence-electron chi connectivity index (χ4n) is 6.38. The fourth-order valence-corrected chi connectivity index (χ4v) is 6.38. The molecular weight excluding hydrogens is 555 g/mol. The zero-order valence-corrected chi connectivity index (χ0v) is 24.0. The molecule has 2 aliphatic heterocycles. The molecular formula is C32H36F3N7O. The number of carbonyl (C=O) groups is 1. The molecule has 2 N–H and O–H groups in total. The van der Waals surface area contributed by atoms with E-state index in [1.54, 1.807) is 35.8 Å². The molecule has 11 heteroatoms. The summed E-state index contributed by atoms with van der Waals surface area (Å²) in [5.41, 5.74) is 2.18. The number of aromatic amines is 2. The minimum atomic E-state index is -4.31. The Balaban J connectivity index is 1.02. The molecule has 4 heterocycles. The van der Waals surface area contributed by atoms with E-state index in [0.29, 0.717) is 42.4 Å². The number of rotatable bonds is 9. The standard InChI is InChI=1S/C32H36F3N7O/c33-32(34,35)27-3-1-2-25(18-27)20-40-15-8-31(9-16-40)10-17-41(23-31)19-24-4-6-26(7-5-24)30(43)42(21-28-36-11-12-37-28)22-29-38-13-14-39-29/h1-7,11-14,18H,8-10,15-17,19-23H2,(H,36,37)(H,38,39). The molecule has 0 radical (unpaired) electrons. The van der Waals surface area contributed by atoms with Gasteiger partial charge in [0, 0.05) is 50.0 Å². The molecule has 2 aromatic heterocycles. The van der Waals surface area contributed by atoms with E-state index in [1.807, 2.05) is 24.3 Å². The molecule has 2 aromatic carbocycles. The molecule has 1 amide bonds. The van der Waals surface area contributed by atoms with E-state index >= 15 is 0 Å². The third-order valence-corrected chi connectivity index (χ3v) is 8.78. The Labute approximate surface area is 248 Å². The van der Waals surface area contributed by atoms with Gasteiger partial charge in [-0.05, 0) is 73.6 Å². The number of halogens is 3. The summed E-state index contributed by atoms with van der Waals surface area (Å²) in [5.74, 6) is 1.33. The molecule has 226 valence electrons. The lowest BCUT2D eigenvalue weighted by Crippen LogP contribution is -2.41. The van der Waals surface area contributed by atoms with Crippen LogP contribution in [0.3, 0.4) is 0 Å². The summed E-state index contributed by atoms with van der Waals surface area (Å²) in [7, 11) is 0. The molecule has 2 fully saturated rings. The van der Waals surface area contributed by atoms with E-state index in [-0.39, 0.29) is 11.3 Å². The van der Waals surface area contributed by atoms with Crippen molar-refractivity contribution in [2.45, 2.75) is 51.6 Å². The summed E-state index contributed by atoms with van der Waals surface area (Å²) in [6.07, 6.45) is 5.76. The highest BCUT2D eigenvalue weighted by Crippen LogP contribution is 2.41. The van der Waals surface area contributed by atoms with Crippen molar-refractivity contribution in [1.29, 1.82) is 0 Å². The smallest absolute Gasteiger partial charge is 0.347 e. The van der Waals surface area contributed by atoms with E-state index in [0.717, 1.165) is 58.1 Å². The number of alkyl halides is 3. The molecule has 6 rings (SSSR count). The zero-order chi connectivity index (χ0) is 29.9. The Morgan fingerprint density at radius 2 is 1.44 bits per heavy atom. The van der Waals surface area contributed by atoms with Crippen molar-refractivity contribution in [3.8, 4) is 0 Å². The summed E-state index contributed by atoms with van der Waals surface area (Å²) >= 11 is 0. The van der Waals surface area contributed by atoms with Crippen LogP contribution in [0.4, 0.5) is 13.2 Å². The number of piperidine rings is 1. The first-order valence-corrected chi connectivity index (χ1v) is 14.7. The number of carbonyl (C=O) groups excluding carboxylic acids is 1. The van der Waals surface area contributed by atoms with Crippen molar-refractivity contribution >= 4 is 5.91 Å². The maximum atomic E-state index is 13.4. The van der Waals surface area contributed by atoms with Gasteiger partial charge < -0.3 is 14.9 Å². The van der Waals surface area contributed by atoms with Crippen LogP contribution in [0.1, 0.15) is 58.0 Å². The van der Waals surface area contributed by atoms with Gasteiger partial charge in [-0.1, -0.05) is 30.3 Å². The van der Waals surface area contributed by atoms with E-state index in [9.17, 15) is 18.0 Å². The van der Waals surface area contributed by atoms with Crippen LogP contribution in [0.5, 0.6) is 0 Å². The van der Waals surface area contributed by atoms with Crippen molar-refractivity contribution in [3.63, 3.8) is 0 Å². The van der Waals surface area contributed by atoms with E-state index in [4.69, 9.17) is 0 Å². The molecule has 0 aliphatic carbocycles. The van der Waals surface area contributed by atoms with Crippen LogP contribution in [-0.2, 0) is 32.4 Å². The number of nitrogens with one attached hydrogen (secondary N) is 2. The minimum Gasteiger partial charge on any atom is -0.347 e. The van der Waals surface area contributed by atoms with Gasteiger partial charge in [-0.2, -0.15) is 13.2 Å². The molecule has 8 nitrogen and oxygen atoms in total. The lowest BCUT2D eigenvalue weighted by atomic mass is 9.77. The van der Waals surface area contributed by atoms with Gasteiger partial charge >= 0.3 is 6.18 Å². The molecule has 0 bridgehead atoms. The first kappa shape index (κ1) is 29.1. The van der Waals surface area contributed by atoms with Crippen LogP contribution in [-0.4, -0.2) is 66.7 Å². The quantitative estimate of drug-likeness (QED) is 0.269. The Kier molecular flexibility index (Phi) is 8.36. The average molecular weight is 592 g/mol. The van der Waals surface area contributed by atoms with Gasteiger partial charge in [0.1, 0.15) is 11.6 Å². The van der Waals surface area contributed by atoms with Crippen molar-refractivity contribution in [1.82, 2.24) is 34.6 Å². The minimum absolute atomic E-state index is 0.0867. The van der Waals surface area contributed by atoms with Gasteiger partial charge in [0.25, 0.3) is 5.91 Å². The maximum Gasteiger partial charge on any atom is 0.416 e. The number of nitrogens with zero attached hydrogens (tertiary/aromatic N) is 5. The topological polar surface area (TPSA) is 84.2 Å². The molecule has 2 saturated heterocycles. The monoisotopic (exact) mass is 591 g/mol. The highest BCUT2D eigenvalue weighted by atomic mass is 19.4. The molecule has 0 saturated carbocycles. The molecule has 2 aliphatic rings. The van der Waals surface area contributed by atoms with Crippen LogP contribution in [0.25, 0.3) is 0 Å². The van der Waals surface area contributed by atoms with E-state index in [2.05, 4.69) is 29.7 Å². The number of likely N-dealkylation sites (tertiary alicyclic amines) is 2. The molecule has 4 aromatic rings. The Morgan fingerprint density at radius 3 is 2.02 bits per heavy atom. The summed E-state index contributed by atoms with van der Waals surface area (Å²) in [6.45, 7) is 5.91. The molecule has 0 unspecified atom stereocenters. The second-order valence-corrected chi connectivity index (χ2v) is 11.9. The fraction of sp³-hybridized carbons (Fsp3) is 0.406. The predicted octanol–water partition coefficient (Wildman–Crippen LogP) is 5.48. The lowest BCUT2D eigenvalue weighted by Gasteiger charge is -2.39. The van der Waals surface area contributed by atoms with Crippen molar-refractivity contribution in [2.24, 2.45) is 5.41 Å². The number of amides is 1. The van der Waals surface area contributed by atoms with Crippen LogP contribution in [0.2, 0.25) is 0 Å². The summed E-state index contributed by atoms with van der Waals surface area (Å²) in [4.78, 5) is 34.6. The Morgan fingerprint density at radius 1 is 0.837 bits per heavy atom. The number of hydrogen-bond donors (Lipinski definition) is 2. The third kappa shape index (κ3) is 7.17. The number of aromatic nitrogens is 4. The second kappa shape index (κ2) is 12.3. The first-order valence-electron chi connectivity index (χ1n) is 14.7. The normalized spacial score (nSPS) is 17.5. The number of H-pyrrole nitrogens is 2. The van der Waals surface area contributed by atoms with Crippen molar-refractivity contribution in [3.05, 3.63) is 107 Å². The van der Waals surface area contributed by atoms with Crippen molar-refractivity contribution < 1.29 is 18.0 Å². The number of imidazole rings is 2. The number of benzene rings is 2. The summed E-state index contributed by atoms with van der Waals surface area (Å²) in [6, 6.07) is 13.6. The molecule has 1 spiro atoms. The van der Waals surface area contributed by atoms with Crippen LogP contribution < -0.4 is 0 Å². The SMILES string of the molecule is O=C(c1ccc(CN2CCC3(CCN(Cc4cccc(C(F)(F)F)c4)CC3)C2)cc1)N(Cc1ncc[nH]1)Cc1ncc[nH]1. The van der Waals surface area contributed by atoms with Gasteiger partial charge in [0.15, 0.2) is 0 Å². The number of hydrogen-bond acceptors (Lipinski definition) is 5. The van der Waals surface area contributed by atoms with Gasteiger partial charge in [-0.3, -0.25) is 14.6 Å². The second-order valence-electron chi connectivity index (χ2n) is 11.9. The van der Waals surface area contributed by atoms with Crippen LogP contribution in [0, 0.1) is 5.41 Å². The van der Waals surface area contributed by atoms with Crippen LogP contribution in [0.15, 0.2) is 73.3 Å².